The number of nitrogens with two attached hydrogens (primary N) is 1. The molecule has 0 aliphatic heterocycles. The van der Waals surface area contributed by atoms with Crippen molar-refractivity contribution >= 4 is 17.4 Å². The van der Waals surface area contributed by atoms with Crippen molar-refractivity contribution in [2.24, 2.45) is 0 Å². The number of anilines is 1. The van der Waals surface area contributed by atoms with Crippen LogP contribution in [0.1, 0.15) is 5.69 Å². The molecule has 0 saturated heterocycles. The van der Waals surface area contributed by atoms with Crippen LogP contribution in [0.15, 0.2) is 12.1 Å². The fraction of sp³-hybridized carbons (Fsp3) is 0.444. The summed E-state index contributed by atoms with van der Waals surface area (Å²) >= 11 is 5.88. The molecule has 0 saturated carbocycles. The zero-order valence-corrected chi connectivity index (χ0v) is 8.75. The van der Waals surface area contributed by atoms with Crippen LogP contribution < -0.4 is 5.73 Å². The smallest absolute Gasteiger partial charge is 0.123 e. The van der Waals surface area contributed by atoms with Gasteiger partial charge in [-0.15, -0.1) is 0 Å². The van der Waals surface area contributed by atoms with E-state index in [0.717, 1.165) is 0 Å². The maximum atomic E-state index is 5.88. The summed E-state index contributed by atoms with van der Waals surface area (Å²) in [4.78, 5) is 4.05. The van der Waals surface area contributed by atoms with E-state index >= 15 is 0 Å². The van der Waals surface area contributed by atoms with Gasteiger partial charge >= 0.3 is 0 Å². The van der Waals surface area contributed by atoms with Crippen LogP contribution in [-0.2, 0) is 16.1 Å². The molecule has 0 amide bonds. The number of halogens is 1. The predicted molar refractivity (Wildman–Crippen MR) is 55.2 cm³/mol. The fourth-order valence-corrected chi connectivity index (χ4v) is 1.07. The van der Waals surface area contributed by atoms with E-state index in [1.54, 1.807) is 19.2 Å². The number of rotatable bonds is 5. The summed E-state index contributed by atoms with van der Waals surface area (Å²) in [5.74, 6) is 0.444. The summed E-state index contributed by atoms with van der Waals surface area (Å²) in [5.41, 5.74) is 6.16. The Morgan fingerprint density at radius 2 is 2.21 bits per heavy atom. The first-order valence-electron chi connectivity index (χ1n) is 4.21. The van der Waals surface area contributed by atoms with E-state index in [9.17, 15) is 0 Å². The molecule has 2 N–H and O–H groups in total. The second-order valence-corrected chi connectivity index (χ2v) is 3.12. The SMILES string of the molecule is COCCOCc1nc(N)ccc1Cl. The minimum Gasteiger partial charge on any atom is -0.384 e. The molecule has 78 valence electrons. The van der Waals surface area contributed by atoms with Crippen LogP contribution in [0.5, 0.6) is 0 Å². The Balaban J connectivity index is 2.45. The average molecular weight is 217 g/mol. The van der Waals surface area contributed by atoms with E-state index in [1.165, 1.54) is 0 Å². The average Bonchev–Trinajstić information content (AvgIpc) is 2.18. The molecule has 0 aliphatic rings. The molecule has 4 nitrogen and oxygen atoms in total. The third-order valence-corrected chi connectivity index (χ3v) is 1.95. The highest BCUT2D eigenvalue weighted by atomic mass is 35.5. The summed E-state index contributed by atoms with van der Waals surface area (Å²) in [6.45, 7) is 1.43. The summed E-state index contributed by atoms with van der Waals surface area (Å²) in [6, 6.07) is 3.36. The van der Waals surface area contributed by atoms with Crippen LogP contribution in [0.4, 0.5) is 5.82 Å². The van der Waals surface area contributed by atoms with Crippen LogP contribution in [0, 0.1) is 0 Å². The number of nitrogen functional groups attached to an aromatic ring is 1. The second kappa shape index (κ2) is 5.80. The number of pyridine rings is 1. The van der Waals surface area contributed by atoms with E-state index in [-0.39, 0.29) is 0 Å². The lowest BCUT2D eigenvalue weighted by Crippen LogP contribution is -2.04. The molecule has 0 atom stereocenters. The molecule has 5 heteroatoms. The van der Waals surface area contributed by atoms with Gasteiger partial charge in [-0.2, -0.15) is 0 Å². The number of ether oxygens (including phenoxy) is 2. The molecular weight excluding hydrogens is 204 g/mol. The van der Waals surface area contributed by atoms with E-state index in [4.69, 9.17) is 26.8 Å². The summed E-state index contributed by atoms with van der Waals surface area (Å²) < 4.78 is 10.1. The van der Waals surface area contributed by atoms with Gasteiger partial charge in [0.1, 0.15) is 5.82 Å². The topological polar surface area (TPSA) is 57.4 Å². The van der Waals surface area contributed by atoms with E-state index in [0.29, 0.717) is 36.4 Å². The highest BCUT2D eigenvalue weighted by Crippen LogP contribution is 2.15. The van der Waals surface area contributed by atoms with Gasteiger partial charge in [-0.25, -0.2) is 4.98 Å². The van der Waals surface area contributed by atoms with Gasteiger partial charge in [0.25, 0.3) is 0 Å². The van der Waals surface area contributed by atoms with Crippen molar-refractivity contribution in [2.45, 2.75) is 6.61 Å². The minimum atomic E-state index is 0.354. The van der Waals surface area contributed by atoms with Gasteiger partial charge in [0, 0.05) is 7.11 Å². The van der Waals surface area contributed by atoms with Gasteiger partial charge in [-0.05, 0) is 12.1 Å². The molecule has 0 spiro atoms. The standard InChI is InChI=1S/C9H13ClN2O2/c1-13-4-5-14-6-8-7(10)2-3-9(11)12-8/h2-3H,4-6H2,1H3,(H2,11,12). The number of methoxy groups -OCH3 is 1. The van der Waals surface area contributed by atoms with E-state index in [1.807, 2.05) is 0 Å². The van der Waals surface area contributed by atoms with Crippen molar-refractivity contribution in [3.05, 3.63) is 22.8 Å². The van der Waals surface area contributed by atoms with E-state index < -0.39 is 0 Å². The molecule has 0 bridgehead atoms. The first kappa shape index (κ1) is 11.2. The quantitative estimate of drug-likeness (QED) is 0.758. The molecule has 1 aromatic heterocycles. The van der Waals surface area contributed by atoms with Gasteiger partial charge in [-0.3, -0.25) is 0 Å². The number of hydrogen-bond donors (Lipinski definition) is 1. The molecule has 1 heterocycles. The van der Waals surface area contributed by atoms with Crippen LogP contribution in [0.3, 0.4) is 0 Å². The van der Waals surface area contributed by atoms with Crippen LogP contribution in [0.25, 0.3) is 0 Å². The first-order valence-corrected chi connectivity index (χ1v) is 4.59. The number of hydrogen-bond acceptors (Lipinski definition) is 4. The van der Waals surface area contributed by atoms with Crippen molar-refractivity contribution in [3.63, 3.8) is 0 Å². The van der Waals surface area contributed by atoms with Gasteiger partial charge in [0.2, 0.25) is 0 Å². The van der Waals surface area contributed by atoms with E-state index in [2.05, 4.69) is 4.98 Å². The molecule has 0 aliphatic carbocycles. The van der Waals surface area contributed by atoms with Crippen LogP contribution >= 0.6 is 11.6 Å². The molecule has 0 radical (unpaired) electrons. The van der Waals surface area contributed by atoms with Crippen molar-refractivity contribution in [3.8, 4) is 0 Å². The van der Waals surface area contributed by atoms with Crippen LogP contribution in [-0.4, -0.2) is 25.3 Å². The highest BCUT2D eigenvalue weighted by Gasteiger charge is 2.02. The van der Waals surface area contributed by atoms with Crippen molar-refractivity contribution in [2.75, 3.05) is 26.1 Å². The monoisotopic (exact) mass is 216 g/mol. The van der Waals surface area contributed by atoms with Crippen molar-refractivity contribution in [1.82, 2.24) is 4.98 Å². The lowest BCUT2D eigenvalue weighted by Gasteiger charge is -2.05. The van der Waals surface area contributed by atoms with Gasteiger partial charge in [-0.1, -0.05) is 11.6 Å². The Kier molecular flexibility index (Phi) is 4.65. The van der Waals surface area contributed by atoms with Crippen LogP contribution in [0.2, 0.25) is 5.02 Å². The minimum absolute atomic E-state index is 0.354. The molecule has 0 aromatic carbocycles. The number of aromatic nitrogens is 1. The second-order valence-electron chi connectivity index (χ2n) is 2.71. The third-order valence-electron chi connectivity index (χ3n) is 1.61. The van der Waals surface area contributed by atoms with Crippen molar-refractivity contribution in [1.29, 1.82) is 0 Å². The summed E-state index contributed by atoms with van der Waals surface area (Å²) in [5, 5.41) is 0.566. The normalized spacial score (nSPS) is 10.4. The molecule has 14 heavy (non-hydrogen) atoms. The largest absolute Gasteiger partial charge is 0.384 e. The summed E-state index contributed by atoms with van der Waals surface area (Å²) in [7, 11) is 1.62. The Morgan fingerprint density at radius 1 is 1.43 bits per heavy atom. The third kappa shape index (κ3) is 3.49. The Hall–Kier alpha value is -0.840. The molecule has 1 aromatic rings. The Labute approximate surface area is 88.0 Å². The fourth-order valence-electron chi connectivity index (χ4n) is 0.914. The van der Waals surface area contributed by atoms with Crippen molar-refractivity contribution < 1.29 is 9.47 Å². The number of nitrogens with zero attached hydrogens (tertiary/aromatic N) is 1. The lowest BCUT2D eigenvalue weighted by molar-refractivity contribution is 0.0603. The van der Waals surface area contributed by atoms with Gasteiger partial charge in [0.15, 0.2) is 0 Å². The lowest BCUT2D eigenvalue weighted by atomic mass is 10.3. The predicted octanol–water partition coefficient (Wildman–Crippen LogP) is 1.48. The van der Waals surface area contributed by atoms with Gasteiger partial charge in [0.05, 0.1) is 30.5 Å². The first-order chi connectivity index (χ1) is 6.74. The zero-order chi connectivity index (χ0) is 10.4. The van der Waals surface area contributed by atoms with Gasteiger partial charge < -0.3 is 15.2 Å². The zero-order valence-electron chi connectivity index (χ0n) is 8.00. The maximum Gasteiger partial charge on any atom is 0.123 e. The highest BCUT2D eigenvalue weighted by molar-refractivity contribution is 6.31. The Morgan fingerprint density at radius 3 is 2.93 bits per heavy atom. The Bertz CT molecular complexity index is 294. The molecule has 0 unspecified atom stereocenters. The molecular formula is C9H13ClN2O2. The summed E-state index contributed by atoms with van der Waals surface area (Å²) in [6.07, 6.45) is 0. The molecule has 1 rings (SSSR count). The molecule has 0 fully saturated rings. The maximum absolute atomic E-state index is 5.88.